The van der Waals surface area contributed by atoms with E-state index in [0.717, 1.165) is 0 Å². The molecule has 2 aliphatic heterocycles. The van der Waals surface area contributed by atoms with E-state index in [1.165, 1.54) is 19.2 Å². The van der Waals surface area contributed by atoms with Gasteiger partial charge in [-0.15, -0.1) is 0 Å². The minimum atomic E-state index is -1.26. The van der Waals surface area contributed by atoms with Crippen molar-refractivity contribution in [3.05, 3.63) is 35.4 Å². The number of aliphatic hydroxyl groups excluding tert-OH is 3. The van der Waals surface area contributed by atoms with Crippen molar-refractivity contribution in [3.63, 3.8) is 0 Å². The number of carbonyl (C=O) groups is 1. The molecular formula is C22H30O9. The van der Waals surface area contributed by atoms with Gasteiger partial charge in [-0.05, 0) is 33.3 Å². The van der Waals surface area contributed by atoms with Gasteiger partial charge < -0.3 is 39.4 Å². The Hall–Kier alpha value is -2.17. The molecule has 9 nitrogen and oxygen atoms in total. The highest BCUT2D eigenvalue weighted by Gasteiger charge is 2.46. The molecule has 0 saturated carbocycles. The summed E-state index contributed by atoms with van der Waals surface area (Å²) in [6.07, 6.45) is -1.62. The summed E-state index contributed by atoms with van der Waals surface area (Å²) >= 11 is 0. The fourth-order valence-corrected chi connectivity index (χ4v) is 3.89. The molecule has 31 heavy (non-hydrogen) atoms. The normalized spacial score (nSPS) is 27.7. The topological polar surface area (TPSA) is 135 Å². The highest BCUT2D eigenvalue weighted by molar-refractivity contribution is 5.97. The number of hydrogen-bond acceptors (Lipinski definition) is 9. The quantitative estimate of drug-likeness (QED) is 0.352. The van der Waals surface area contributed by atoms with E-state index in [9.17, 15) is 25.2 Å². The van der Waals surface area contributed by atoms with Gasteiger partial charge in [-0.2, -0.15) is 0 Å². The SMILES string of the molecule is COc1cc(O)c2c(c1)[C@@H]([C@H](O)C[C@H](O)[C@@H]1OC(C)(C)O[C@H]1C=CC[C@H](C)O)OC2=O. The Morgan fingerprint density at radius 3 is 2.55 bits per heavy atom. The molecule has 2 heterocycles. The molecule has 1 aromatic carbocycles. The highest BCUT2D eigenvalue weighted by Crippen LogP contribution is 2.42. The summed E-state index contributed by atoms with van der Waals surface area (Å²) in [6.45, 7) is 5.10. The highest BCUT2D eigenvalue weighted by atomic mass is 16.8. The summed E-state index contributed by atoms with van der Waals surface area (Å²) in [4.78, 5) is 12.2. The monoisotopic (exact) mass is 438 g/mol. The van der Waals surface area contributed by atoms with Crippen molar-refractivity contribution >= 4 is 5.97 Å². The standard InChI is InChI=1S/C22H30O9/c1-11(23)6-5-7-17-20(31-22(2,3)30-17)16(26)10-15(25)19-13-8-12(28-4)9-14(24)18(13)21(27)29-19/h5,7-9,11,15-17,19-20,23-26H,6,10H2,1-4H3/t11-,15+,16-,17-,19-,20-/m0/s1. The van der Waals surface area contributed by atoms with Crippen LogP contribution < -0.4 is 4.74 Å². The molecule has 4 N–H and O–H groups in total. The number of rotatable bonds is 8. The van der Waals surface area contributed by atoms with Crippen LogP contribution in [0.5, 0.6) is 11.5 Å². The van der Waals surface area contributed by atoms with E-state index in [4.69, 9.17) is 18.9 Å². The fourth-order valence-electron chi connectivity index (χ4n) is 3.89. The Balaban J connectivity index is 1.74. The van der Waals surface area contributed by atoms with Crippen LogP contribution in [0.4, 0.5) is 0 Å². The lowest BCUT2D eigenvalue weighted by Gasteiger charge is -2.26. The molecule has 0 aromatic heterocycles. The number of phenols is 1. The van der Waals surface area contributed by atoms with Crippen molar-refractivity contribution < 1.29 is 44.2 Å². The van der Waals surface area contributed by atoms with Gasteiger partial charge in [0, 0.05) is 18.1 Å². The van der Waals surface area contributed by atoms with Crippen LogP contribution in [-0.2, 0) is 14.2 Å². The minimum absolute atomic E-state index is 0.0279. The van der Waals surface area contributed by atoms with Gasteiger partial charge in [0.1, 0.15) is 29.3 Å². The zero-order valence-electron chi connectivity index (χ0n) is 18.0. The second-order valence-electron chi connectivity index (χ2n) is 8.38. The summed E-state index contributed by atoms with van der Waals surface area (Å²) in [5, 5.41) is 41.1. The minimum Gasteiger partial charge on any atom is -0.507 e. The molecule has 1 saturated heterocycles. The van der Waals surface area contributed by atoms with Crippen molar-refractivity contribution in [1.82, 2.24) is 0 Å². The Kier molecular flexibility index (Phi) is 6.92. The summed E-state index contributed by atoms with van der Waals surface area (Å²) in [7, 11) is 1.42. The number of fused-ring (bicyclic) bond motifs is 1. The van der Waals surface area contributed by atoms with Crippen LogP contribution in [0.15, 0.2) is 24.3 Å². The third-order valence-corrected chi connectivity index (χ3v) is 5.28. The van der Waals surface area contributed by atoms with Crippen molar-refractivity contribution in [2.24, 2.45) is 0 Å². The van der Waals surface area contributed by atoms with Crippen molar-refractivity contribution in [2.45, 2.75) is 76.0 Å². The summed E-state index contributed by atoms with van der Waals surface area (Å²) < 4.78 is 22.0. The van der Waals surface area contributed by atoms with E-state index in [1.807, 2.05) is 0 Å². The number of methoxy groups -OCH3 is 1. The number of carbonyl (C=O) groups excluding carboxylic acids is 1. The fraction of sp³-hybridized carbons (Fsp3) is 0.591. The molecule has 2 aliphatic rings. The lowest BCUT2D eigenvalue weighted by molar-refractivity contribution is -0.156. The zero-order chi connectivity index (χ0) is 22.9. The molecule has 0 amide bonds. The van der Waals surface area contributed by atoms with Crippen LogP contribution in [0.2, 0.25) is 0 Å². The van der Waals surface area contributed by atoms with Crippen molar-refractivity contribution in [2.75, 3.05) is 7.11 Å². The van der Waals surface area contributed by atoms with Gasteiger partial charge in [-0.1, -0.05) is 12.2 Å². The van der Waals surface area contributed by atoms with E-state index in [1.54, 1.807) is 32.9 Å². The second-order valence-corrected chi connectivity index (χ2v) is 8.38. The van der Waals surface area contributed by atoms with Crippen LogP contribution in [0.3, 0.4) is 0 Å². The van der Waals surface area contributed by atoms with Gasteiger partial charge in [0.05, 0.1) is 25.4 Å². The van der Waals surface area contributed by atoms with E-state index in [-0.39, 0.29) is 17.7 Å². The summed E-state index contributed by atoms with van der Waals surface area (Å²) in [6, 6.07) is 2.81. The van der Waals surface area contributed by atoms with Crippen LogP contribution in [0.1, 0.15) is 55.6 Å². The molecule has 9 heteroatoms. The number of aromatic hydroxyl groups is 1. The molecule has 0 unspecified atom stereocenters. The molecular weight excluding hydrogens is 408 g/mol. The van der Waals surface area contributed by atoms with Gasteiger partial charge in [-0.25, -0.2) is 4.79 Å². The number of aliphatic hydroxyl groups is 3. The Bertz CT molecular complexity index is 833. The molecule has 0 aliphatic carbocycles. The summed E-state index contributed by atoms with van der Waals surface area (Å²) in [5.74, 6) is -1.69. The van der Waals surface area contributed by atoms with E-state index in [0.29, 0.717) is 17.7 Å². The summed E-state index contributed by atoms with van der Waals surface area (Å²) in [5.41, 5.74) is 0.263. The van der Waals surface area contributed by atoms with Crippen LogP contribution in [0, 0.1) is 0 Å². The van der Waals surface area contributed by atoms with Crippen LogP contribution in [-0.4, -0.2) is 69.8 Å². The smallest absolute Gasteiger partial charge is 0.343 e. The van der Waals surface area contributed by atoms with Gasteiger partial charge in [0.15, 0.2) is 11.9 Å². The van der Waals surface area contributed by atoms with Crippen LogP contribution >= 0.6 is 0 Å². The largest absolute Gasteiger partial charge is 0.507 e. The first-order chi connectivity index (χ1) is 14.5. The molecule has 172 valence electrons. The molecule has 0 radical (unpaired) electrons. The van der Waals surface area contributed by atoms with Gasteiger partial charge in [-0.3, -0.25) is 0 Å². The molecule has 3 rings (SSSR count). The second kappa shape index (κ2) is 9.13. The number of benzene rings is 1. The third kappa shape index (κ3) is 5.19. The molecule has 1 aromatic rings. The maximum absolute atomic E-state index is 12.2. The first-order valence-electron chi connectivity index (χ1n) is 10.2. The first kappa shape index (κ1) is 23.5. The number of phenolic OH excluding ortho intramolecular Hbond substituents is 1. The Morgan fingerprint density at radius 1 is 1.19 bits per heavy atom. The molecule has 0 spiro atoms. The average Bonchev–Trinajstić information content (AvgIpc) is 3.17. The zero-order valence-corrected chi connectivity index (χ0v) is 18.0. The lowest BCUT2D eigenvalue weighted by Crippen LogP contribution is -2.38. The van der Waals surface area contributed by atoms with Crippen molar-refractivity contribution in [3.8, 4) is 11.5 Å². The Morgan fingerprint density at radius 2 is 1.90 bits per heavy atom. The predicted octanol–water partition coefficient (Wildman–Crippen LogP) is 1.57. The third-order valence-electron chi connectivity index (χ3n) is 5.28. The first-order valence-corrected chi connectivity index (χ1v) is 10.2. The number of cyclic esters (lactones) is 1. The molecule has 6 atom stereocenters. The van der Waals surface area contributed by atoms with E-state index < -0.39 is 48.4 Å². The van der Waals surface area contributed by atoms with Crippen molar-refractivity contribution in [1.29, 1.82) is 0 Å². The number of esters is 1. The lowest BCUT2D eigenvalue weighted by atomic mass is 9.94. The maximum Gasteiger partial charge on any atom is 0.343 e. The average molecular weight is 438 g/mol. The van der Waals surface area contributed by atoms with Gasteiger partial charge >= 0.3 is 5.97 Å². The van der Waals surface area contributed by atoms with Gasteiger partial charge in [0.25, 0.3) is 0 Å². The molecule has 0 bridgehead atoms. The predicted molar refractivity (Wildman–Crippen MR) is 109 cm³/mol. The molecule has 1 fully saturated rings. The number of ether oxygens (including phenoxy) is 4. The van der Waals surface area contributed by atoms with Crippen LogP contribution in [0.25, 0.3) is 0 Å². The van der Waals surface area contributed by atoms with Gasteiger partial charge in [0.2, 0.25) is 0 Å². The number of hydrogen-bond donors (Lipinski definition) is 4. The maximum atomic E-state index is 12.2. The van der Waals surface area contributed by atoms with E-state index in [2.05, 4.69) is 0 Å². The van der Waals surface area contributed by atoms with E-state index >= 15 is 0 Å². The Labute approximate surface area is 180 Å².